The zero-order valence-electron chi connectivity index (χ0n) is 8.86. The molecule has 2 aromatic rings. The lowest BCUT2D eigenvalue weighted by atomic mass is 10.1. The van der Waals surface area contributed by atoms with Crippen molar-refractivity contribution in [1.82, 2.24) is 0 Å². The topological polar surface area (TPSA) is 55.1 Å². The van der Waals surface area contributed by atoms with Crippen molar-refractivity contribution in [2.75, 3.05) is 11.1 Å². The molecule has 1 aromatic carbocycles. The Kier molecular flexibility index (Phi) is 2.92. The molecule has 0 saturated heterocycles. The standard InChI is InChI=1S/C12H12N2OS/c1-8-3-2-4-10(11(8)13)12(15)14-9-5-6-16-7-9/h2-7H,13H2,1H3,(H,14,15). The van der Waals surface area contributed by atoms with Crippen LogP contribution in [0.2, 0.25) is 0 Å². The van der Waals surface area contributed by atoms with E-state index in [1.165, 1.54) is 11.3 Å². The molecule has 1 heterocycles. The first-order chi connectivity index (χ1) is 7.68. The van der Waals surface area contributed by atoms with Gasteiger partial charge < -0.3 is 11.1 Å². The number of hydrogen-bond donors (Lipinski definition) is 2. The van der Waals surface area contributed by atoms with E-state index in [1.807, 2.05) is 35.9 Å². The lowest BCUT2D eigenvalue weighted by molar-refractivity contribution is 0.102. The highest BCUT2D eigenvalue weighted by molar-refractivity contribution is 7.08. The van der Waals surface area contributed by atoms with Crippen molar-refractivity contribution in [3.63, 3.8) is 0 Å². The number of nitrogens with one attached hydrogen (secondary N) is 1. The smallest absolute Gasteiger partial charge is 0.257 e. The van der Waals surface area contributed by atoms with Gasteiger partial charge in [-0.25, -0.2) is 0 Å². The summed E-state index contributed by atoms with van der Waals surface area (Å²) in [7, 11) is 0. The second-order valence-electron chi connectivity index (χ2n) is 3.50. The van der Waals surface area contributed by atoms with Gasteiger partial charge in [-0.05, 0) is 30.0 Å². The number of thiophene rings is 1. The van der Waals surface area contributed by atoms with Gasteiger partial charge in [0, 0.05) is 11.1 Å². The maximum atomic E-state index is 11.9. The van der Waals surface area contributed by atoms with Crippen LogP contribution >= 0.6 is 11.3 Å². The molecule has 0 radical (unpaired) electrons. The Morgan fingerprint density at radius 3 is 2.88 bits per heavy atom. The van der Waals surface area contributed by atoms with E-state index in [0.717, 1.165) is 11.3 Å². The van der Waals surface area contributed by atoms with Crippen LogP contribution in [0.3, 0.4) is 0 Å². The number of hydrogen-bond acceptors (Lipinski definition) is 3. The first-order valence-electron chi connectivity index (χ1n) is 4.87. The van der Waals surface area contributed by atoms with Crippen LogP contribution in [0.25, 0.3) is 0 Å². The number of nitrogen functional groups attached to an aromatic ring is 1. The molecule has 3 N–H and O–H groups in total. The second kappa shape index (κ2) is 4.37. The average Bonchev–Trinajstić information content (AvgIpc) is 2.74. The number of carbonyl (C=O) groups is 1. The van der Waals surface area contributed by atoms with Crippen LogP contribution in [-0.4, -0.2) is 5.91 Å². The fraction of sp³-hybridized carbons (Fsp3) is 0.0833. The van der Waals surface area contributed by atoms with Gasteiger partial charge in [-0.15, -0.1) is 0 Å². The molecule has 1 aromatic heterocycles. The lowest BCUT2D eigenvalue weighted by Crippen LogP contribution is -2.14. The third-order valence-corrected chi connectivity index (χ3v) is 3.03. The van der Waals surface area contributed by atoms with Crippen molar-refractivity contribution in [3.05, 3.63) is 46.2 Å². The van der Waals surface area contributed by atoms with Crippen LogP contribution in [0.5, 0.6) is 0 Å². The van der Waals surface area contributed by atoms with Gasteiger partial charge in [0.05, 0.1) is 11.3 Å². The molecule has 2 rings (SSSR count). The summed E-state index contributed by atoms with van der Waals surface area (Å²) in [6.45, 7) is 1.89. The van der Waals surface area contributed by atoms with Gasteiger partial charge in [0.1, 0.15) is 0 Å². The fourth-order valence-corrected chi connectivity index (χ4v) is 2.00. The number of para-hydroxylation sites is 1. The summed E-state index contributed by atoms with van der Waals surface area (Å²) in [5.41, 5.74) is 8.63. The van der Waals surface area contributed by atoms with E-state index in [0.29, 0.717) is 11.3 Å². The van der Waals surface area contributed by atoms with Crippen LogP contribution < -0.4 is 11.1 Å². The number of benzene rings is 1. The summed E-state index contributed by atoms with van der Waals surface area (Å²) in [6.07, 6.45) is 0. The molecule has 0 aliphatic rings. The Morgan fingerprint density at radius 1 is 1.38 bits per heavy atom. The van der Waals surface area contributed by atoms with Crippen molar-refractivity contribution < 1.29 is 4.79 Å². The number of rotatable bonds is 2. The highest BCUT2D eigenvalue weighted by Crippen LogP contribution is 2.19. The van der Waals surface area contributed by atoms with E-state index in [4.69, 9.17) is 5.73 Å². The molecule has 0 atom stereocenters. The molecular formula is C12H12N2OS. The Morgan fingerprint density at radius 2 is 2.19 bits per heavy atom. The van der Waals surface area contributed by atoms with Gasteiger partial charge in [-0.1, -0.05) is 12.1 Å². The van der Waals surface area contributed by atoms with Crippen molar-refractivity contribution in [2.24, 2.45) is 0 Å². The molecule has 4 heteroatoms. The molecule has 1 amide bonds. The Hall–Kier alpha value is -1.81. The predicted molar refractivity (Wildman–Crippen MR) is 67.9 cm³/mol. The lowest BCUT2D eigenvalue weighted by Gasteiger charge is -2.07. The normalized spacial score (nSPS) is 10.1. The first kappa shape index (κ1) is 10.7. The zero-order chi connectivity index (χ0) is 11.5. The van der Waals surface area contributed by atoms with Gasteiger partial charge in [-0.2, -0.15) is 11.3 Å². The van der Waals surface area contributed by atoms with Crippen LogP contribution in [0.4, 0.5) is 11.4 Å². The van der Waals surface area contributed by atoms with Gasteiger partial charge in [0.25, 0.3) is 5.91 Å². The van der Waals surface area contributed by atoms with Crippen LogP contribution in [-0.2, 0) is 0 Å². The molecule has 0 unspecified atom stereocenters. The van der Waals surface area contributed by atoms with E-state index in [9.17, 15) is 4.79 Å². The van der Waals surface area contributed by atoms with Crippen LogP contribution in [0, 0.1) is 6.92 Å². The van der Waals surface area contributed by atoms with Gasteiger partial charge in [0.15, 0.2) is 0 Å². The molecule has 0 saturated carbocycles. The van der Waals surface area contributed by atoms with Gasteiger partial charge in [-0.3, -0.25) is 4.79 Å². The number of nitrogens with two attached hydrogens (primary N) is 1. The maximum absolute atomic E-state index is 11.9. The second-order valence-corrected chi connectivity index (χ2v) is 4.28. The zero-order valence-corrected chi connectivity index (χ0v) is 9.67. The number of amides is 1. The number of aryl methyl sites for hydroxylation is 1. The number of anilines is 2. The Bertz CT molecular complexity index is 506. The van der Waals surface area contributed by atoms with E-state index < -0.39 is 0 Å². The summed E-state index contributed by atoms with van der Waals surface area (Å²) >= 11 is 1.54. The SMILES string of the molecule is Cc1cccc(C(=O)Nc2ccsc2)c1N. The summed E-state index contributed by atoms with van der Waals surface area (Å²) in [6, 6.07) is 7.30. The van der Waals surface area contributed by atoms with Crippen molar-refractivity contribution in [2.45, 2.75) is 6.92 Å². The van der Waals surface area contributed by atoms with Crippen molar-refractivity contribution in [3.8, 4) is 0 Å². The molecule has 0 fully saturated rings. The summed E-state index contributed by atoms with van der Waals surface area (Å²) in [5.74, 6) is -0.167. The van der Waals surface area contributed by atoms with Crippen LogP contribution in [0.15, 0.2) is 35.0 Å². The minimum atomic E-state index is -0.167. The molecule has 3 nitrogen and oxygen atoms in total. The fourth-order valence-electron chi connectivity index (χ4n) is 1.41. The highest BCUT2D eigenvalue weighted by Gasteiger charge is 2.10. The van der Waals surface area contributed by atoms with Gasteiger partial charge >= 0.3 is 0 Å². The highest BCUT2D eigenvalue weighted by atomic mass is 32.1. The average molecular weight is 232 g/mol. The molecule has 0 spiro atoms. The van der Waals surface area contributed by atoms with E-state index in [-0.39, 0.29) is 5.91 Å². The molecule has 0 aliphatic carbocycles. The minimum Gasteiger partial charge on any atom is -0.398 e. The van der Waals surface area contributed by atoms with E-state index in [2.05, 4.69) is 5.32 Å². The van der Waals surface area contributed by atoms with Crippen molar-refractivity contribution in [1.29, 1.82) is 0 Å². The number of carbonyl (C=O) groups excluding carboxylic acids is 1. The van der Waals surface area contributed by atoms with E-state index in [1.54, 1.807) is 6.07 Å². The summed E-state index contributed by atoms with van der Waals surface area (Å²) < 4.78 is 0. The summed E-state index contributed by atoms with van der Waals surface area (Å²) in [5, 5.41) is 6.59. The molecule has 82 valence electrons. The van der Waals surface area contributed by atoms with Crippen LogP contribution in [0.1, 0.15) is 15.9 Å². The van der Waals surface area contributed by atoms with E-state index >= 15 is 0 Å². The Labute approximate surface area is 97.9 Å². The molecular weight excluding hydrogens is 220 g/mol. The molecule has 0 aliphatic heterocycles. The molecule has 16 heavy (non-hydrogen) atoms. The first-order valence-corrected chi connectivity index (χ1v) is 5.81. The van der Waals surface area contributed by atoms with Crippen molar-refractivity contribution >= 4 is 28.6 Å². The van der Waals surface area contributed by atoms with Gasteiger partial charge in [0.2, 0.25) is 0 Å². The Balaban J connectivity index is 2.24. The quantitative estimate of drug-likeness (QED) is 0.782. The summed E-state index contributed by atoms with van der Waals surface area (Å²) in [4.78, 5) is 11.9. The third-order valence-electron chi connectivity index (χ3n) is 2.35. The largest absolute Gasteiger partial charge is 0.398 e. The predicted octanol–water partition coefficient (Wildman–Crippen LogP) is 2.89. The monoisotopic (exact) mass is 232 g/mol. The maximum Gasteiger partial charge on any atom is 0.257 e. The third kappa shape index (κ3) is 2.06. The minimum absolute atomic E-state index is 0.167. The molecule has 0 bridgehead atoms.